The maximum Gasteiger partial charge on any atom is 0.309 e. The van der Waals surface area contributed by atoms with E-state index in [9.17, 15) is 9.59 Å². The molecule has 1 saturated carbocycles. The maximum atomic E-state index is 11.9. The second-order valence-corrected chi connectivity index (χ2v) is 6.41. The van der Waals surface area contributed by atoms with Crippen LogP contribution in [0.1, 0.15) is 55.3 Å². The molecule has 2 aliphatic carbocycles. The molecule has 0 saturated heterocycles. The lowest BCUT2D eigenvalue weighted by molar-refractivity contribution is -0.150. The Morgan fingerprint density at radius 1 is 1.23 bits per heavy atom. The van der Waals surface area contributed by atoms with Gasteiger partial charge in [-0.1, -0.05) is 18.2 Å². The van der Waals surface area contributed by atoms with Crippen LogP contribution in [-0.2, 0) is 27.2 Å². The van der Waals surface area contributed by atoms with Crippen molar-refractivity contribution in [2.45, 2.75) is 51.5 Å². The topological polar surface area (TPSA) is 55.4 Å². The molecule has 0 unspecified atom stereocenters. The summed E-state index contributed by atoms with van der Waals surface area (Å²) in [6, 6.07) is 6.40. The molecule has 22 heavy (non-hydrogen) atoms. The van der Waals surface area contributed by atoms with E-state index in [2.05, 4.69) is 23.5 Å². The zero-order valence-corrected chi connectivity index (χ0v) is 13.1. The Labute approximate surface area is 131 Å². The molecule has 0 heterocycles. The van der Waals surface area contributed by atoms with Crippen LogP contribution in [0.5, 0.6) is 0 Å². The van der Waals surface area contributed by atoms with Crippen molar-refractivity contribution in [1.29, 1.82) is 0 Å². The molecule has 4 nitrogen and oxygen atoms in total. The monoisotopic (exact) mass is 301 g/mol. The molecule has 1 aromatic carbocycles. The number of carbonyl (C=O) groups is 2. The average molecular weight is 301 g/mol. The molecule has 0 aliphatic heterocycles. The lowest BCUT2D eigenvalue weighted by Gasteiger charge is -2.20. The third-order valence-electron chi connectivity index (χ3n) is 4.51. The smallest absolute Gasteiger partial charge is 0.309 e. The third kappa shape index (κ3) is 3.67. The van der Waals surface area contributed by atoms with Gasteiger partial charge in [0.05, 0.1) is 12.0 Å². The Morgan fingerprint density at radius 2 is 1.95 bits per heavy atom. The maximum absolute atomic E-state index is 11.9. The number of fused-ring (bicyclic) bond motifs is 1. The van der Waals surface area contributed by atoms with Gasteiger partial charge in [-0.3, -0.25) is 9.59 Å². The van der Waals surface area contributed by atoms with Crippen LogP contribution in [-0.4, -0.2) is 18.5 Å². The zero-order chi connectivity index (χ0) is 15.5. The average Bonchev–Trinajstić information content (AvgIpc) is 3.37. The van der Waals surface area contributed by atoms with Crippen LogP contribution < -0.4 is 5.32 Å². The Bertz CT molecular complexity index is 578. The molecular weight excluding hydrogens is 278 g/mol. The van der Waals surface area contributed by atoms with Crippen LogP contribution in [0.15, 0.2) is 18.2 Å². The van der Waals surface area contributed by atoms with Gasteiger partial charge in [-0.15, -0.1) is 0 Å². The highest BCUT2D eigenvalue weighted by Crippen LogP contribution is 2.30. The summed E-state index contributed by atoms with van der Waals surface area (Å²) in [6.07, 6.45) is 6.59. The van der Waals surface area contributed by atoms with Crippen molar-refractivity contribution in [3.05, 3.63) is 34.9 Å². The zero-order valence-electron chi connectivity index (χ0n) is 13.1. The summed E-state index contributed by atoms with van der Waals surface area (Å²) >= 11 is 0. The van der Waals surface area contributed by atoms with E-state index in [4.69, 9.17) is 4.74 Å². The summed E-state index contributed by atoms with van der Waals surface area (Å²) < 4.78 is 5.00. The van der Waals surface area contributed by atoms with Crippen LogP contribution in [0.2, 0.25) is 0 Å². The molecule has 0 spiro atoms. The first-order valence-electron chi connectivity index (χ1n) is 8.21. The number of ether oxygens (including phenoxy) is 1. The van der Waals surface area contributed by atoms with Crippen molar-refractivity contribution in [3.8, 4) is 0 Å². The second kappa shape index (κ2) is 6.51. The van der Waals surface area contributed by atoms with Gasteiger partial charge in [0.1, 0.15) is 0 Å². The standard InChI is InChI=1S/C18H23NO3/c1-12(19-17(20)11-22-18(21)14-7-8-14)15-9-6-13-4-2-3-5-16(13)10-15/h6,9-10,12,14H,2-5,7-8,11H2,1H3,(H,19,20)/t12-/m1/s1. The number of amides is 1. The van der Waals surface area contributed by atoms with Gasteiger partial charge in [-0.2, -0.15) is 0 Å². The lowest BCUT2D eigenvalue weighted by Crippen LogP contribution is -2.31. The summed E-state index contributed by atoms with van der Waals surface area (Å²) in [6.45, 7) is 1.79. The fraction of sp³-hybridized carbons (Fsp3) is 0.556. The molecule has 2 aliphatic rings. The highest BCUT2D eigenvalue weighted by Gasteiger charge is 2.31. The fourth-order valence-corrected chi connectivity index (χ4v) is 2.96. The molecule has 1 atom stereocenters. The fourth-order valence-electron chi connectivity index (χ4n) is 2.96. The van der Waals surface area contributed by atoms with Crippen LogP contribution in [0, 0.1) is 5.92 Å². The first kappa shape index (κ1) is 15.1. The largest absolute Gasteiger partial charge is 0.455 e. The molecule has 0 aromatic heterocycles. The number of hydrogen-bond donors (Lipinski definition) is 1. The minimum Gasteiger partial charge on any atom is -0.455 e. The van der Waals surface area contributed by atoms with E-state index in [1.54, 1.807) is 0 Å². The summed E-state index contributed by atoms with van der Waals surface area (Å²) in [4.78, 5) is 23.3. The predicted molar refractivity (Wildman–Crippen MR) is 83.3 cm³/mol. The van der Waals surface area contributed by atoms with Crippen molar-refractivity contribution in [1.82, 2.24) is 5.32 Å². The molecule has 0 bridgehead atoms. The van der Waals surface area contributed by atoms with E-state index in [0.717, 1.165) is 31.2 Å². The SMILES string of the molecule is C[C@@H](NC(=O)COC(=O)C1CC1)c1ccc2c(c1)CCCC2. The van der Waals surface area contributed by atoms with E-state index in [0.29, 0.717) is 0 Å². The van der Waals surface area contributed by atoms with Crippen molar-refractivity contribution in [2.75, 3.05) is 6.61 Å². The van der Waals surface area contributed by atoms with Gasteiger partial charge in [0.15, 0.2) is 6.61 Å². The highest BCUT2D eigenvalue weighted by atomic mass is 16.5. The predicted octanol–water partition coefficient (Wildman–Crippen LogP) is 2.70. The molecular formula is C18H23NO3. The molecule has 0 radical (unpaired) electrons. The van der Waals surface area contributed by atoms with E-state index in [-0.39, 0.29) is 30.4 Å². The van der Waals surface area contributed by atoms with Gasteiger partial charge < -0.3 is 10.1 Å². The third-order valence-corrected chi connectivity index (χ3v) is 4.51. The Hall–Kier alpha value is -1.84. The van der Waals surface area contributed by atoms with Gasteiger partial charge in [0, 0.05) is 0 Å². The number of benzene rings is 1. The Balaban J connectivity index is 1.53. The van der Waals surface area contributed by atoms with Gasteiger partial charge in [-0.25, -0.2) is 0 Å². The number of rotatable bonds is 5. The number of hydrogen-bond acceptors (Lipinski definition) is 3. The number of nitrogens with one attached hydrogen (secondary N) is 1. The summed E-state index contributed by atoms with van der Waals surface area (Å²) in [7, 11) is 0. The molecule has 118 valence electrons. The summed E-state index contributed by atoms with van der Waals surface area (Å²) in [5.74, 6) is -0.443. The highest BCUT2D eigenvalue weighted by molar-refractivity contribution is 5.82. The molecule has 3 rings (SSSR count). The Kier molecular flexibility index (Phi) is 4.46. The normalized spacial score (nSPS) is 18.2. The van der Waals surface area contributed by atoms with Crippen molar-refractivity contribution in [2.24, 2.45) is 5.92 Å². The quantitative estimate of drug-likeness (QED) is 0.851. The first-order chi connectivity index (χ1) is 10.6. The lowest BCUT2D eigenvalue weighted by atomic mass is 9.89. The number of carbonyl (C=O) groups excluding carboxylic acids is 2. The van der Waals surface area contributed by atoms with Gasteiger partial charge in [0.25, 0.3) is 5.91 Å². The molecule has 1 fully saturated rings. The van der Waals surface area contributed by atoms with E-state index in [1.165, 1.54) is 24.0 Å². The van der Waals surface area contributed by atoms with Crippen LogP contribution in [0.3, 0.4) is 0 Å². The molecule has 1 N–H and O–H groups in total. The number of aryl methyl sites for hydroxylation is 2. The van der Waals surface area contributed by atoms with Gasteiger partial charge in [0.2, 0.25) is 0 Å². The second-order valence-electron chi connectivity index (χ2n) is 6.41. The van der Waals surface area contributed by atoms with Crippen LogP contribution in [0.4, 0.5) is 0 Å². The van der Waals surface area contributed by atoms with E-state index >= 15 is 0 Å². The summed E-state index contributed by atoms with van der Waals surface area (Å²) in [5, 5.41) is 2.90. The van der Waals surface area contributed by atoms with Gasteiger partial charge >= 0.3 is 5.97 Å². The summed E-state index contributed by atoms with van der Waals surface area (Å²) in [5.41, 5.74) is 3.96. The minimum atomic E-state index is -0.239. The van der Waals surface area contributed by atoms with Crippen molar-refractivity contribution in [3.63, 3.8) is 0 Å². The Morgan fingerprint density at radius 3 is 2.68 bits per heavy atom. The molecule has 1 aromatic rings. The van der Waals surface area contributed by atoms with Crippen molar-refractivity contribution >= 4 is 11.9 Å². The van der Waals surface area contributed by atoms with Crippen LogP contribution in [0.25, 0.3) is 0 Å². The first-order valence-corrected chi connectivity index (χ1v) is 8.21. The van der Waals surface area contributed by atoms with Gasteiger partial charge in [-0.05, 0) is 62.1 Å². The molecule has 4 heteroatoms. The van der Waals surface area contributed by atoms with E-state index < -0.39 is 0 Å². The number of esters is 1. The molecule has 1 amide bonds. The van der Waals surface area contributed by atoms with Crippen LogP contribution >= 0.6 is 0 Å². The minimum absolute atomic E-state index is 0.0332. The van der Waals surface area contributed by atoms with Crippen molar-refractivity contribution < 1.29 is 14.3 Å². The van der Waals surface area contributed by atoms with E-state index in [1.807, 2.05) is 6.92 Å².